The third kappa shape index (κ3) is 3.11. The second-order valence-corrected chi connectivity index (χ2v) is 5.80. The van der Waals surface area contributed by atoms with E-state index in [0.29, 0.717) is 10.7 Å². The topological polar surface area (TPSA) is 71.6 Å². The molecular formula is C14H16N4OS. The lowest BCUT2D eigenvalue weighted by Gasteiger charge is -2.05. The van der Waals surface area contributed by atoms with Crippen molar-refractivity contribution < 1.29 is 4.79 Å². The molecule has 2 aromatic heterocycles. The Hall–Kier alpha value is -2.00. The van der Waals surface area contributed by atoms with Crippen LogP contribution in [0.4, 0.5) is 0 Å². The van der Waals surface area contributed by atoms with E-state index in [1.165, 1.54) is 11.3 Å². The van der Waals surface area contributed by atoms with E-state index in [4.69, 9.17) is 0 Å². The van der Waals surface area contributed by atoms with Crippen LogP contribution in [0.1, 0.15) is 42.2 Å². The predicted molar refractivity (Wildman–Crippen MR) is 76.5 cm³/mol. The summed E-state index contributed by atoms with van der Waals surface area (Å²) in [6.07, 6.45) is 2.01. The van der Waals surface area contributed by atoms with Crippen LogP contribution in [0.25, 0.3) is 0 Å². The molecule has 0 aliphatic carbocycles. The van der Waals surface area contributed by atoms with Gasteiger partial charge in [-0.25, -0.2) is 4.98 Å². The number of aromatic nitrogens is 3. The first-order valence-electron chi connectivity index (χ1n) is 6.39. The molecule has 2 heterocycles. The molecule has 1 unspecified atom stereocenters. The Kier molecular flexibility index (Phi) is 4.30. The van der Waals surface area contributed by atoms with Crippen LogP contribution in [-0.2, 0) is 11.2 Å². The second-order valence-electron chi connectivity index (χ2n) is 4.91. The molecule has 0 aromatic carbocycles. The van der Waals surface area contributed by atoms with E-state index in [0.717, 1.165) is 5.69 Å². The standard InChI is InChI=1S/C14H16N4OS/c1-9(2)18-5-4-11(17-18)6-13(19)12(7-15)14-16-10(3)8-20-14/h4-5,8-9,12H,6H2,1-3H3. The molecule has 104 valence electrons. The van der Waals surface area contributed by atoms with Crippen LogP contribution in [0.5, 0.6) is 0 Å². The number of aryl methyl sites for hydroxylation is 1. The molecule has 0 radical (unpaired) electrons. The lowest BCUT2D eigenvalue weighted by Crippen LogP contribution is -2.14. The number of carbonyl (C=O) groups excluding carboxylic acids is 1. The van der Waals surface area contributed by atoms with Gasteiger partial charge >= 0.3 is 0 Å². The number of thiazole rings is 1. The van der Waals surface area contributed by atoms with Gasteiger partial charge in [0.1, 0.15) is 5.01 Å². The largest absolute Gasteiger partial charge is 0.297 e. The molecule has 0 amide bonds. The number of Topliss-reactive ketones (excluding diaryl/α,β-unsaturated/α-hetero) is 1. The van der Waals surface area contributed by atoms with Crippen molar-refractivity contribution in [1.82, 2.24) is 14.8 Å². The van der Waals surface area contributed by atoms with E-state index in [2.05, 4.69) is 10.1 Å². The molecule has 0 spiro atoms. The number of nitriles is 1. The van der Waals surface area contributed by atoms with Gasteiger partial charge in [0.25, 0.3) is 0 Å². The summed E-state index contributed by atoms with van der Waals surface area (Å²) in [4.78, 5) is 16.5. The lowest BCUT2D eigenvalue weighted by atomic mass is 10.0. The SMILES string of the molecule is Cc1csc(C(C#N)C(=O)Cc2ccn(C(C)C)n2)n1. The van der Waals surface area contributed by atoms with Gasteiger partial charge in [0.05, 0.1) is 18.2 Å². The highest BCUT2D eigenvalue weighted by Crippen LogP contribution is 2.22. The third-order valence-electron chi connectivity index (χ3n) is 2.88. The van der Waals surface area contributed by atoms with Crippen molar-refractivity contribution in [3.05, 3.63) is 34.0 Å². The van der Waals surface area contributed by atoms with Gasteiger partial charge in [0.15, 0.2) is 11.7 Å². The Bertz CT molecular complexity index is 650. The lowest BCUT2D eigenvalue weighted by molar-refractivity contribution is -0.118. The third-order valence-corrected chi connectivity index (χ3v) is 3.91. The maximum atomic E-state index is 12.2. The minimum Gasteiger partial charge on any atom is -0.297 e. The van der Waals surface area contributed by atoms with Crippen molar-refractivity contribution in [2.45, 2.75) is 39.2 Å². The number of rotatable bonds is 5. The molecule has 20 heavy (non-hydrogen) atoms. The Labute approximate surface area is 121 Å². The summed E-state index contributed by atoms with van der Waals surface area (Å²) >= 11 is 1.35. The molecule has 0 aliphatic heterocycles. The molecule has 2 rings (SSSR count). The fourth-order valence-corrected chi connectivity index (χ4v) is 2.67. The van der Waals surface area contributed by atoms with E-state index in [9.17, 15) is 10.1 Å². The maximum Gasteiger partial charge on any atom is 0.162 e. The summed E-state index contributed by atoms with van der Waals surface area (Å²) < 4.78 is 1.80. The highest BCUT2D eigenvalue weighted by Gasteiger charge is 2.24. The van der Waals surface area contributed by atoms with Gasteiger partial charge in [-0.3, -0.25) is 9.48 Å². The average Bonchev–Trinajstić information content (AvgIpc) is 3.00. The highest BCUT2D eigenvalue weighted by molar-refractivity contribution is 7.09. The number of ketones is 1. The van der Waals surface area contributed by atoms with Crippen LogP contribution in [0.15, 0.2) is 17.6 Å². The molecule has 0 fully saturated rings. The van der Waals surface area contributed by atoms with E-state index in [1.807, 2.05) is 44.5 Å². The number of nitrogens with zero attached hydrogens (tertiary/aromatic N) is 4. The molecule has 0 aliphatic rings. The molecule has 1 atom stereocenters. The zero-order valence-electron chi connectivity index (χ0n) is 11.7. The molecule has 0 saturated heterocycles. The molecule has 5 nitrogen and oxygen atoms in total. The zero-order valence-corrected chi connectivity index (χ0v) is 12.5. The van der Waals surface area contributed by atoms with Gasteiger partial charge in [0.2, 0.25) is 0 Å². The van der Waals surface area contributed by atoms with Crippen LogP contribution < -0.4 is 0 Å². The number of carbonyl (C=O) groups is 1. The second kappa shape index (κ2) is 5.97. The monoisotopic (exact) mass is 288 g/mol. The summed E-state index contributed by atoms with van der Waals surface area (Å²) in [6.45, 7) is 5.90. The molecule has 6 heteroatoms. The Morgan fingerprint density at radius 2 is 2.30 bits per heavy atom. The van der Waals surface area contributed by atoms with Crippen LogP contribution >= 0.6 is 11.3 Å². The summed E-state index contributed by atoms with van der Waals surface area (Å²) in [5.41, 5.74) is 1.53. The summed E-state index contributed by atoms with van der Waals surface area (Å²) in [5.74, 6) is -0.950. The fraction of sp³-hybridized carbons (Fsp3) is 0.429. The summed E-state index contributed by atoms with van der Waals surface area (Å²) in [5, 5.41) is 16.0. The Balaban J connectivity index is 2.11. The molecule has 0 bridgehead atoms. The number of hydrogen-bond acceptors (Lipinski definition) is 5. The normalized spacial score (nSPS) is 12.3. The minimum absolute atomic E-state index is 0.157. The van der Waals surface area contributed by atoms with Gasteiger partial charge in [-0.15, -0.1) is 11.3 Å². The van der Waals surface area contributed by atoms with Crippen molar-refractivity contribution in [1.29, 1.82) is 5.26 Å². The van der Waals surface area contributed by atoms with Crippen LogP contribution in [0, 0.1) is 18.3 Å². The molecular weight excluding hydrogens is 272 g/mol. The Morgan fingerprint density at radius 1 is 1.55 bits per heavy atom. The van der Waals surface area contributed by atoms with Crippen molar-refractivity contribution in [3.8, 4) is 6.07 Å². The van der Waals surface area contributed by atoms with Crippen molar-refractivity contribution in [2.24, 2.45) is 0 Å². The van der Waals surface area contributed by atoms with Gasteiger partial charge in [-0.2, -0.15) is 10.4 Å². The molecule has 2 aromatic rings. The quantitative estimate of drug-likeness (QED) is 0.848. The smallest absolute Gasteiger partial charge is 0.162 e. The molecule has 0 N–H and O–H groups in total. The molecule has 0 saturated carbocycles. The maximum absolute atomic E-state index is 12.2. The van der Waals surface area contributed by atoms with E-state index >= 15 is 0 Å². The van der Waals surface area contributed by atoms with Gasteiger partial charge in [0, 0.05) is 23.3 Å². The van der Waals surface area contributed by atoms with Crippen LogP contribution in [0.2, 0.25) is 0 Å². The first-order valence-corrected chi connectivity index (χ1v) is 7.27. The van der Waals surface area contributed by atoms with Gasteiger partial charge in [-0.1, -0.05) is 0 Å². The van der Waals surface area contributed by atoms with E-state index in [-0.39, 0.29) is 18.2 Å². The minimum atomic E-state index is -0.794. The summed E-state index contributed by atoms with van der Waals surface area (Å²) in [6, 6.07) is 4.12. The summed E-state index contributed by atoms with van der Waals surface area (Å²) in [7, 11) is 0. The van der Waals surface area contributed by atoms with Gasteiger partial charge in [-0.05, 0) is 26.8 Å². The predicted octanol–water partition coefficient (Wildman–Crippen LogP) is 2.65. The van der Waals surface area contributed by atoms with Crippen molar-refractivity contribution in [2.75, 3.05) is 0 Å². The average molecular weight is 288 g/mol. The Morgan fingerprint density at radius 3 is 2.80 bits per heavy atom. The zero-order chi connectivity index (χ0) is 14.7. The van der Waals surface area contributed by atoms with E-state index in [1.54, 1.807) is 4.68 Å². The number of hydrogen-bond donors (Lipinski definition) is 0. The van der Waals surface area contributed by atoms with Gasteiger partial charge < -0.3 is 0 Å². The van der Waals surface area contributed by atoms with Crippen LogP contribution in [0.3, 0.4) is 0 Å². The first kappa shape index (κ1) is 14.4. The van der Waals surface area contributed by atoms with Crippen molar-refractivity contribution >= 4 is 17.1 Å². The fourth-order valence-electron chi connectivity index (χ4n) is 1.81. The first-order chi connectivity index (χ1) is 9.51. The highest BCUT2D eigenvalue weighted by atomic mass is 32.1. The van der Waals surface area contributed by atoms with Crippen molar-refractivity contribution in [3.63, 3.8) is 0 Å². The van der Waals surface area contributed by atoms with E-state index < -0.39 is 5.92 Å². The van der Waals surface area contributed by atoms with Crippen LogP contribution in [-0.4, -0.2) is 20.5 Å².